The molecular weight excluding hydrogens is 258 g/mol. The van der Waals surface area contributed by atoms with E-state index in [1.54, 1.807) is 6.92 Å². The predicted octanol–water partition coefficient (Wildman–Crippen LogP) is 0.158. The Morgan fingerprint density at radius 1 is 1.55 bits per heavy atom. The Morgan fingerprint density at radius 3 is 2.60 bits per heavy atom. The molecule has 1 unspecified atom stereocenters. The lowest BCUT2D eigenvalue weighted by molar-refractivity contribution is 0.0325. The van der Waals surface area contributed by atoms with Gasteiger partial charge in [0.15, 0.2) is 5.69 Å². The van der Waals surface area contributed by atoms with E-state index in [2.05, 4.69) is 15.5 Å². The first kappa shape index (κ1) is 16.5. The van der Waals surface area contributed by atoms with Gasteiger partial charge in [0.1, 0.15) is 0 Å². The molecule has 0 bridgehead atoms. The van der Waals surface area contributed by atoms with Crippen LogP contribution < -0.4 is 11.1 Å². The number of aliphatic hydroxyl groups is 1. The molecule has 20 heavy (non-hydrogen) atoms. The van der Waals surface area contributed by atoms with E-state index >= 15 is 0 Å². The highest BCUT2D eigenvalue weighted by Crippen LogP contribution is 2.21. The highest BCUT2D eigenvalue weighted by molar-refractivity contribution is 5.97. The highest BCUT2D eigenvalue weighted by atomic mass is 16.3. The lowest BCUT2D eigenvalue weighted by Gasteiger charge is -2.26. The van der Waals surface area contributed by atoms with Crippen molar-refractivity contribution in [3.8, 4) is 0 Å². The minimum Gasteiger partial charge on any atom is -0.395 e. The Labute approximate surface area is 119 Å². The molecule has 0 aliphatic carbocycles. The molecule has 0 saturated heterocycles. The molecule has 7 heteroatoms. The average Bonchev–Trinajstić information content (AvgIpc) is 2.66. The van der Waals surface area contributed by atoms with Crippen LogP contribution in [0.25, 0.3) is 0 Å². The Hall–Kier alpha value is -1.60. The van der Waals surface area contributed by atoms with Crippen molar-refractivity contribution >= 4 is 11.6 Å². The number of hydrogen-bond donors (Lipinski definition) is 4. The standard InChI is InChI=1S/C13H25N5O2/c1-8(2)10-9(14)11(17-16-10)12(19)15-6-13(3,20)7-18(4)5/h8,20H,6-7,14H2,1-5H3,(H,15,19)(H,16,17). The number of hydrogen-bond acceptors (Lipinski definition) is 5. The number of amides is 1. The molecule has 0 aliphatic heterocycles. The van der Waals surface area contributed by atoms with Gasteiger partial charge in [0.05, 0.1) is 17.0 Å². The third-order valence-corrected chi connectivity index (χ3v) is 2.91. The first-order valence-corrected chi connectivity index (χ1v) is 6.63. The van der Waals surface area contributed by atoms with Gasteiger partial charge in [-0.2, -0.15) is 5.10 Å². The lowest BCUT2D eigenvalue weighted by atomic mass is 10.1. The molecule has 1 aromatic rings. The largest absolute Gasteiger partial charge is 0.395 e. The van der Waals surface area contributed by atoms with Crippen molar-refractivity contribution in [2.75, 3.05) is 32.9 Å². The van der Waals surface area contributed by atoms with Crippen molar-refractivity contribution in [2.45, 2.75) is 32.3 Å². The number of nitrogens with two attached hydrogens (primary N) is 1. The van der Waals surface area contributed by atoms with Crippen molar-refractivity contribution in [1.82, 2.24) is 20.4 Å². The van der Waals surface area contributed by atoms with Crippen molar-refractivity contribution in [3.05, 3.63) is 11.4 Å². The van der Waals surface area contributed by atoms with Gasteiger partial charge in [-0.1, -0.05) is 13.8 Å². The molecular formula is C13H25N5O2. The van der Waals surface area contributed by atoms with Gasteiger partial charge in [-0.25, -0.2) is 0 Å². The van der Waals surface area contributed by atoms with Crippen LogP contribution in [-0.2, 0) is 0 Å². The number of anilines is 1. The Morgan fingerprint density at radius 2 is 2.15 bits per heavy atom. The summed E-state index contributed by atoms with van der Waals surface area (Å²) in [6.45, 7) is 6.18. The fourth-order valence-electron chi connectivity index (χ4n) is 2.07. The molecule has 1 aromatic heterocycles. The molecule has 1 heterocycles. The highest BCUT2D eigenvalue weighted by Gasteiger charge is 2.24. The van der Waals surface area contributed by atoms with E-state index in [9.17, 15) is 9.90 Å². The summed E-state index contributed by atoms with van der Waals surface area (Å²) in [5.41, 5.74) is 6.18. The number of aromatic nitrogens is 2. The van der Waals surface area contributed by atoms with E-state index < -0.39 is 5.60 Å². The zero-order valence-corrected chi connectivity index (χ0v) is 12.8. The Kier molecular flexibility index (Phi) is 5.13. The summed E-state index contributed by atoms with van der Waals surface area (Å²) < 4.78 is 0. The molecule has 7 nitrogen and oxygen atoms in total. The van der Waals surface area contributed by atoms with E-state index in [4.69, 9.17) is 5.73 Å². The van der Waals surface area contributed by atoms with Crippen LogP contribution in [0.3, 0.4) is 0 Å². The first-order valence-electron chi connectivity index (χ1n) is 6.63. The van der Waals surface area contributed by atoms with Crippen LogP contribution in [0.1, 0.15) is 42.9 Å². The fraction of sp³-hybridized carbons (Fsp3) is 0.692. The number of rotatable bonds is 6. The summed E-state index contributed by atoms with van der Waals surface area (Å²) >= 11 is 0. The maximum atomic E-state index is 12.0. The van der Waals surface area contributed by atoms with Gasteiger partial charge in [0.2, 0.25) is 0 Å². The number of nitrogens with zero attached hydrogens (tertiary/aromatic N) is 2. The molecule has 1 atom stereocenters. The lowest BCUT2D eigenvalue weighted by Crippen LogP contribution is -2.47. The number of carbonyl (C=O) groups is 1. The van der Waals surface area contributed by atoms with Crippen LogP contribution >= 0.6 is 0 Å². The van der Waals surface area contributed by atoms with Gasteiger partial charge in [0, 0.05) is 13.1 Å². The minimum atomic E-state index is -1.01. The zero-order chi connectivity index (χ0) is 15.5. The Balaban J connectivity index is 2.68. The molecule has 0 fully saturated rings. The fourth-order valence-corrected chi connectivity index (χ4v) is 2.07. The van der Waals surface area contributed by atoms with Gasteiger partial charge in [-0.15, -0.1) is 0 Å². The molecule has 0 saturated carbocycles. The summed E-state index contributed by atoms with van der Waals surface area (Å²) in [6, 6.07) is 0. The van der Waals surface area contributed by atoms with Crippen LogP contribution in [0.5, 0.6) is 0 Å². The van der Waals surface area contributed by atoms with Crippen molar-refractivity contribution in [3.63, 3.8) is 0 Å². The van der Waals surface area contributed by atoms with E-state index in [-0.39, 0.29) is 24.1 Å². The molecule has 0 aliphatic rings. The topological polar surface area (TPSA) is 107 Å². The molecule has 1 rings (SSSR count). The van der Waals surface area contributed by atoms with Crippen LogP contribution in [0.15, 0.2) is 0 Å². The van der Waals surface area contributed by atoms with Gasteiger partial charge in [-0.05, 0) is 26.9 Å². The number of H-pyrrole nitrogens is 1. The van der Waals surface area contributed by atoms with Crippen LogP contribution in [0.4, 0.5) is 5.69 Å². The molecule has 1 amide bonds. The van der Waals surface area contributed by atoms with Crippen LogP contribution in [-0.4, -0.2) is 58.9 Å². The van der Waals surface area contributed by atoms with Crippen LogP contribution in [0.2, 0.25) is 0 Å². The van der Waals surface area contributed by atoms with E-state index in [1.165, 1.54) is 0 Å². The van der Waals surface area contributed by atoms with Crippen molar-refractivity contribution < 1.29 is 9.90 Å². The quantitative estimate of drug-likeness (QED) is 0.595. The summed E-state index contributed by atoms with van der Waals surface area (Å²) in [5, 5.41) is 19.5. The molecule has 0 spiro atoms. The Bertz CT molecular complexity index is 465. The first-order chi connectivity index (χ1) is 9.14. The van der Waals surface area contributed by atoms with Crippen molar-refractivity contribution in [1.29, 1.82) is 0 Å². The molecule has 114 valence electrons. The second kappa shape index (κ2) is 6.23. The van der Waals surface area contributed by atoms with Gasteiger partial charge >= 0.3 is 0 Å². The minimum absolute atomic E-state index is 0.132. The third kappa shape index (κ3) is 4.21. The van der Waals surface area contributed by atoms with Crippen LogP contribution in [0, 0.1) is 0 Å². The third-order valence-electron chi connectivity index (χ3n) is 2.91. The number of nitrogens with one attached hydrogen (secondary N) is 2. The van der Waals surface area contributed by atoms with E-state index in [0.29, 0.717) is 12.2 Å². The van der Waals surface area contributed by atoms with Gasteiger partial charge < -0.3 is 21.1 Å². The van der Waals surface area contributed by atoms with E-state index in [0.717, 1.165) is 5.69 Å². The predicted molar refractivity (Wildman–Crippen MR) is 78.6 cm³/mol. The summed E-state index contributed by atoms with van der Waals surface area (Å²) in [4.78, 5) is 13.9. The maximum absolute atomic E-state index is 12.0. The second-order valence-electron chi connectivity index (χ2n) is 5.97. The van der Waals surface area contributed by atoms with Gasteiger partial charge in [-0.3, -0.25) is 9.89 Å². The normalized spacial score (nSPS) is 14.6. The number of nitrogen functional groups attached to an aromatic ring is 1. The SMILES string of the molecule is CC(C)c1[nH]nc(C(=O)NCC(C)(O)CN(C)C)c1N. The second-order valence-corrected chi connectivity index (χ2v) is 5.97. The van der Waals surface area contributed by atoms with Crippen molar-refractivity contribution in [2.24, 2.45) is 0 Å². The molecule has 0 radical (unpaired) electrons. The summed E-state index contributed by atoms with van der Waals surface area (Å²) in [5.74, 6) is -0.217. The summed E-state index contributed by atoms with van der Waals surface area (Å²) in [7, 11) is 3.72. The molecule has 0 aromatic carbocycles. The smallest absolute Gasteiger partial charge is 0.274 e. The summed E-state index contributed by atoms with van der Waals surface area (Å²) in [6.07, 6.45) is 0. The molecule has 5 N–H and O–H groups in total. The monoisotopic (exact) mass is 283 g/mol. The number of likely N-dealkylation sites (N-methyl/N-ethyl adjacent to an activating group) is 1. The zero-order valence-electron chi connectivity index (χ0n) is 12.8. The number of carbonyl (C=O) groups excluding carboxylic acids is 1. The average molecular weight is 283 g/mol. The van der Waals surface area contributed by atoms with Gasteiger partial charge in [0.25, 0.3) is 5.91 Å². The number of aromatic amines is 1. The maximum Gasteiger partial charge on any atom is 0.274 e. The van der Waals surface area contributed by atoms with E-state index in [1.807, 2.05) is 32.8 Å².